The SMILES string of the molecule is COc1ccc(CC(=O)N[C@@H](C)COc2ccc(C)cc2)cc1C. The molecule has 2 aromatic carbocycles. The van der Waals surface area contributed by atoms with Gasteiger partial charge >= 0.3 is 0 Å². The molecule has 0 saturated heterocycles. The molecule has 24 heavy (non-hydrogen) atoms. The lowest BCUT2D eigenvalue weighted by Crippen LogP contribution is -2.37. The van der Waals surface area contributed by atoms with E-state index in [1.807, 2.05) is 63.2 Å². The Morgan fingerprint density at radius 2 is 1.83 bits per heavy atom. The van der Waals surface area contributed by atoms with Crippen LogP contribution in [0, 0.1) is 13.8 Å². The fourth-order valence-electron chi connectivity index (χ4n) is 2.46. The number of rotatable bonds is 7. The number of amides is 1. The third-order valence-corrected chi connectivity index (χ3v) is 3.75. The highest BCUT2D eigenvalue weighted by Crippen LogP contribution is 2.18. The van der Waals surface area contributed by atoms with Crippen LogP contribution in [0.15, 0.2) is 42.5 Å². The van der Waals surface area contributed by atoms with Gasteiger partial charge in [0.05, 0.1) is 19.6 Å². The van der Waals surface area contributed by atoms with E-state index in [0.29, 0.717) is 13.0 Å². The van der Waals surface area contributed by atoms with Gasteiger partial charge in [-0.15, -0.1) is 0 Å². The molecule has 1 atom stereocenters. The minimum absolute atomic E-state index is 0.0143. The van der Waals surface area contributed by atoms with E-state index in [2.05, 4.69) is 5.32 Å². The summed E-state index contributed by atoms with van der Waals surface area (Å²) in [6.45, 7) is 6.38. The lowest BCUT2D eigenvalue weighted by molar-refractivity contribution is -0.121. The van der Waals surface area contributed by atoms with Crippen molar-refractivity contribution in [2.75, 3.05) is 13.7 Å². The van der Waals surface area contributed by atoms with Crippen LogP contribution in [-0.2, 0) is 11.2 Å². The van der Waals surface area contributed by atoms with Gasteiger partial charge in [0.15, 0.2) is 0 Å². The molecular weight excluding hydrogens is 302 g/mol. The Morgan fingerprint density at radius 1 is 1.12 bits per heavy atom. The molecule has 2 rings (SSSR count). The quantitative estimate of drug-likeness (QED) is 0.847. The number of ether oxygens (including phenoxy) is 2. The monoisotopic (exact) mass is 327 g/mol. The van der Waals surface area contributed by atoms with E-state index in [0.717, 1.165) is 22.6 Å². The van der Waals surface area contributed by atoms with Crippen LogP contribution >= 0.6 is 0 Å². The maximum atomic E-state index is 12.1. The molecule has 0 aliphatic rings. The zero-order valence-corrected chi connectivity index (χ0v) is 14.8. The maximum Gasteiger partial charge on any atom is 0.224 e. The van der Waals surface area contributed by atoms with E-state index in [1.54, 1.807) is 7.11 Å². The molecule has 0 spiro atoms. The Morgan fingerprint density at radius 3 is 2.46 bits per heavy atom. The van der Waals surface area contributed by atoms with Crippen molar-refractivity contribution in [1.82, 2.24) is 5.32 Å². The molecule has 0 aliphatic heterocycles. The fraction of sp³-hybridized carbons (Fsp3) is 0.350. The smallest absolute Gasteiger partial charge is 0.224 e. The molecule has 0 fully saturated rings. The first-order chi connectivity index (χ1) is 11.5. The maximum absolute atomic E-state index is 12.1. The van der Waals surface area contributed by atoms with Gasteiger partial charge in [-0.1, -0.05) is 29.8 Å². The van der Waals surface area contributed by atoms with Gasteiger partial charge in [0.25, 0.3) is 0 Å². The highest BCUT2D eigenvalue weighted by atomic mass is 16.5. The summed E-state index contributed by atoms with van der Waals surface area (Å²) < 4.78 is 10.9. The Balaban J connectivity index is 1.80. The first-order valence-corrected chi connectivity index (χ1v) is 8.10. The van der Waals surface area contributed by atoms with E-state index >= 15 is 0 Å². The molecule has 0 aliphatic carbocycles. The van der Waals surface area contributed by atoms with Gasteiger partial charge in [-0.05, 0) is 50.1 Å². The Labute approximate surface area is 143 Å². The lowest BCUT2D eigenvalue weighted by atomic mass is 10.1. The molecule has 0 unspecified atom stereocenters. The number of hydrogen-bond acceptors (Lipinski definition) is 3. The van der Waals surface area contributed by atoms with Crippen LogP contribution in [0.4, 0.5) is 0 Å². The normalized spacial score (nSPS) is 11.7. The average molecular weight is 327 g/mol. The molecule has 0 aromatic heterocycles. The molecule has 0 bridgehead atoms. The summed E-state index contributed by atoms with van der Waals surface area (Å²) in [6, 6.07) is 13.6. The summed E-state index contributed by atoms with van der Waals surface area (Å²) in [5.41, 5.74) is 3.19. The number of nitrogens with one attached hydrogen (secondary N) is 1. The van der Waals surface area contributed by atoms with E-state index in [9.17, 15) is 4.79 Å². The van der Waals surface area contributed by atoms with Gasteiger partial charge in [-0.25, -0.2) is 0 Å². The van der Waals surface area contributed by atoms with Crippen molar-refractivity contribution in [2.45, 2.75) is 33.2 Å². The molecule has 4 nitrogen and oxygen atoms in total. The van der Waals surface area contributed by atoms with Crippen LogP contribution in [0.5, 0.6) is 11.5 Å². The van der Waals surface area contributed by atoms with Gasteiger partial charge in [0, 0.05) is 0 Å². The summed E-state index contributed by atoms with van der Waals surface area (Å²) in [4.78, 5) is 12.1. The van der Waals surface area contributed by atoms with Crippen molar-refractivity contribution in [3.05, 3.63) is 59.2 Å². The largest absolute Gasteiger partial charge is 0.496 e. The Kier molecular flexibility index (Phi) is 6.24. The molecule has 128 valence electrons. The summed E-state index contributed by atoms with van der Waals surface area (Å²) in [7, 11) is 1.64. The molecule has 1 N–H and O–H groups in total. The fourth-order valence-corrected chi connectivity index (χ4v) is 2.46. The van der Waals surface area contributed by atoms with Crippen LogP contribution in [0.2, 0.25) is 0 Å². The zero-order chi connectivity index (χ0) is 17.5. The Hall–Kier alpha value is -2.49. The minimum atomic E-state index is -0.0573. The standard InChI is InChI=1S/C20H25NO3/c1-14-5-8-18(9-6-14)24-13-16(3)21-20(22)12-17-7-10-19(23-4)15(2)11-17/h5-11,16H,12-13H2,1-4H3,(H,21,22)/t16-/m0/s1. The van der Waals surface area contributed by atoms with Gasteiger partial charge < -0.3 is 14.8 Å². The van der Waals surface area contributed by atoms with E-state index in [-0.39, 0.29) is 11.9 Å². The van der Waals surface area contributed by atoms with Crippen molar-refractivity contribution in [3.8, 4) is 11.5 Å². The third-order valence-electron chi connectivity index (χ3n) is 3.75. The van der Waals surface area contributed by atoms with Crippen LogP contribution in [0.1, 0.15) is 23.6 Å². The number of aryl methyl sites for hydroxylation is 2. The molecule has 0 heterocycles. The van der Waals surface area contributed by atoms with Crippen LogP contribution < -0.4 is 14.8 Å². The van der Waals surface area contributed by atoms with E-state index in [1.165, 1.54) is 5.56 Å². The first-order valence-electron chi connectivity index (χ1n) is 8.10. The Bertz CT molecular complexity index is 680. The molecule has 0 saturated carbocycles. The number of hydrogen-bond donors (Lipinski definition) is 1. The number of carbonyl (C=O) groups excluding carboxylic acids is 1. The second-order valence-corrected chi connectivity index (χ2v) is 6.07. The van der Waals surface area contributed by atoms with Crippen molar-refractivity contribution in [2.24, 2.45) is 0 Å². The first kappa shape index (κ1) is 17.9. The molecule has 0 radical (unpaired) electrons. The van der Waals surface area contributed by atoms with Crippen LogP contribution in [0.3, 0.4) is 0 Å². The van der Waals surface area contributed by atoms with Crippen molar-refractivity contribution >= 4 is 5.91 Å². The van der Waals surface area contributed by atoms with Crippen molar-refractivity contribution in [3.63, 3.8) is 0 Å². The molecule has 2 aromatic rings. The molecule has 4 heteroatoms. The number of carbonyl (C=O) groups is 1. The van der Waals surface area contributed by atoms with E-state index < -0.39 is 0 Å². The number of benzene rings is 2. The van der Waals surface area contributed by atoms with Gasteiger partial charge in [-0.2, -0.15) is 0 Å². The predicted molar refractivity (Wildman–Crippen MR) is 95.7 cm³/mol. The lowest BCUT2D eigenvalue weighted by Gasteiger charge is -2.15. The topological polar surface area (TPSA) is 47.6 Å². The van der Waals surface area contributed by atoms with Gasteiger partial charge in [-0.3, -0.25) is 4.79 Å². The summed E-state index contributed by atoms with van der Waals surface area (Å²) in [6.07, 6.45) is 0.347. The summed E-state index contributed by atoms with van der Waals surface area (Å²) in [5.74, 6) is 1.63. The number of methoxy groups -OCH3 is 1. The highest BCUT2D eigenvalue weighted by Gasteiger charge is 2.10. The van der Waals surface area contributed by atoms with Crippen molar-refractivity contribution < 1.29 is 14.3 Å². The highest BCUT2D eigenvalue weighted by molar-refractivity contribution is 5.79. The van der Waals surface area contributed by atoms with Crippen LogP contribution in [0.25, 0.3) is 0 Å². The van der Waals surface area contributed by atoms with E-state index in [4.69, 9.17) is 9.47 Å². The van der Waals surface area contributed by atoms with Crippen LogP contribution in [-0.4, -0.2) is 25.7 Å². The van der Waals surface area contributed by atoms with Gasteiger partial charge in [0.1, 0.15) is 18.1 Å². The molecular formula is C20H25NO3. The predicted octanol–water partition coefficient (Wildman–Crippen LogP) is 3.44. The molecule has 1 amide bonds. The second kappa shape index (κ2) is 8.39. The van der Waals surface area contributed by atoms with Crippen molar-refractivity contribution in [1.29, 1.82) is 0 Å². The average Bonchev–Trinajstić information content (AvgIpc) is 2.54. The summed E-state index contributed by atoms with van der Waals surface area (Å²) in [5, 5.41) is 2.96. The second-order valence-electron chi connectivity index (χ2n) is 6.07. The third kappa shape index (κ3) is 5.30. The minimum Gasteiger partial charge on any atom is -0.496 e. The summed E-state index contributed by atoms with van der Waals surface area (Å²) >= 11 is 0. The zero-order valence-electron chi connectivity index (χ0n) is 14.8. The van der Waals surface area contributed by atoms with Gasteiger partial charge in [0.2, 0.25) is 5.91 Å².